The van der Waals surface area contributed by atoms with Gasteiger partial charge < -0.3 is 0 Å². The predicted octanol–water partition coefficient (Wildman–Crippen LogP) is 9.42. The fourth-order valence-corrected chi connectivity index (χ4v) is 6.05. The van der Waals surface area contributed by atoms with Gasteiger partial charge in [-0.1, -0.05) is 63.1 Å². The average molecular weight is 477 g/mol. The summed E-state index contributed by atoms with van der Waals surface area (Å²) in [5.41, 5.74) is 1.57. The van der Waals surface area contributed by atoms with Crippen molar-refractivity contribution < 1.29 is 13.2 Å². The van der Waals surface area contributed by atoms with E-state index in [2.05, 4.69) is 6.92 Å². The third-order valence-electron chi connectivity index (χ3n) is 8.25. The van der Waals surface area contributed by atoms with Crippen LogP contribution in [0.2, 0.25) is 5.02 Å². The van der Waals surface area contributed by atoms with Crippen molar-refractivity contribution in [3.8, 4) is 0 Å². The minimum atomic E-state index is -0.505. The molecule has 0 nitrogen and oxygen atoms in total. The second-order valence-electron chi connectivity index (χ2n) is 10.6. The molecule has 0 unspecified atom stereocenters. The maximum atomic E-state index is 14.8. The van der Waals surface area contributed by atoms with E-state index in [0.29, 0.717) is 12.0 Å². The van der Waals surface area contributed by atoms with Crippen molar-refractivity contribution in [2.45, 2.75) is 89.9 Å². The lowest BCUT2D eigenvalue weighted by Crippen LogP contribution is -2.17. The Balaban J connectivity index is 1.28. The van der Waals surface area contributed by atoms with Crippen LogP contribution in [0.3, 0.4) is 0 Å². The van der Waals surface area contributed by atoms with E-state index in [1.165, 1.54) is 75.6 Å². The van der Waals surface area contributed by atoms with Gasteiger partial charge in [0.05, 0.1) is 5.02 Å². The number of hydrogen-bond donors (Lipinski definition) is 0. The maximum absolute atomic E-state index is 14.8. The van der Waals surface area contributed by atoms with Crippen LogP contribution in [-0.4, -0.2) is 0 Å². The SMILES string of the molecule is C[C@H]1CC[C@H](CCC2CCC(c3cc(F)c(CCc4ccc(Cl)c(F)c4)c(F)c3)CC2)CC1. The van der Waals surface area contributed by atoms with E-state index in [1.807, 2.05) is 0 Å². The summed E-state index contributed by atoms with van der Waals surface area (Å²) < 4.78 is 43.2. The van der Waals surface area contributed by atoms with Crippen LogP contribution in [0.25, 0.3) is 0 Å². The summed E-state index contributed by atoms with van der Waals surface area (Å²) in [6, 6.07) is 7.58. The summed E-state index contributed by atoms with van der Waals surface area (Å²) in [5, 5.41) is 0.0544. The fraction of sp³-hybridized carbons (Fsp3) is 0.586. The molecule has 4 heteroatoms. The lowest BCUT2D eigenvalue weighted by atomic mass is 9.74. The van der Waals surface area contributed by atoms with E-state index < -0.39 is 17.5 Å². The third kappa shape index (κ3) is 6.56. The third-order valence-corrected chi connectivity index (χ3v) is 8.55. The first-order valence-electron chi connectivity index (χ1n) is 12.8. The molecular weight excluding hydrogens is 441 g/mol. The van der Waals surface area contributed by atoms with Crippen molar-refractivity contribution in [2.75, 3.05) is 0 Å². The number of aryl methyl sites for hydroxylation is 1. The van der Waals surface area contributed by atoms with Crippen molar-refractivity contribution in [1.82, 2.24) is 0 Å². The van der Waals surface area contributed by atoms with E-state index in [1.54, 1.807) is 6.07 Å². The molecule has 2 saturated carbocycles. The van der Waals surface area contributed by atoms with Crippen molar-refractivity contribution in [3.63, 3.8) is 0 Å². The lowest BCUT2D eigenvalue weighted by molar-refractivity contribution is 0.237. The van der Waals surface area contributed by atoms with E-state index in [0.717, 1.165) is 36.2 Å². The van der Waals surface area contributed by atoms with E-state index >= 15 is 0 Å². The standard InChI is InChI=1S/C29H36ClF3/c1-19-2-4-20(5-3-19)6-7-21-8-12-23(13-9-21)24-17-27(31)25(28(32)18-24)14-10-22-11-15-26(30)29(33)16-22/h11,15-21,23H,2-10,12-14H2,1H3/t19-,20-,21?,23?. The molecule has 0 aliphatic heterocycles. The average Bonchev–Trinajstić information content (AvgIpc) is 2.80. The fourth-order valence-electron chi connectivity index (χ4n) is 5.94. The van der Waals surface area contributed by atoms with Crippen LogP contribution in [0, 0.1) is 35.2 Å². The van der Waals surface area contributed by atoms with Gasteiger partial charge >= 0.3 is 0 Å². The van der Waals surface area contributed by atoms with Crippen LogP contribution in [0.5, 0.6) is 0 Å². The first-order chi connectivity index (χ1) is 15.9. The Morgan fingerprint density at radius 1 is 0.727 bits per heavy atom. The van der Waals surface area contributed by atoms with Gasteiger partial charge in [-0.2, -0.15) is 0 Å². The summed E-state index contributed by atoms with van der Waals surface area (Å²) in [7, 11) is 0. The Morgan fingerprint density at radius 3 is 1.88 bits per heavy atom. The molecule has 4 rings (SSSR count). The molecule has 0 spiro atoms. The van der Waals surface area contributed by atoms with Gasteiger partial charge in [-0.05, 0) is 97.6 Å². The van der Waals surface area contributed by atoms with Gasteiger partial charge in [-0.3, -0.25) is 0 Å². The molecule has 2 aromatic carbocycles. The van der Waals surface area contributed by atoms with Crippen molar-refractivity contribution in [2.24, 2.45) is 17.8 Å². The second kappa shape index (κ2) is 11.3. The van der Waals surface area contributed by atoms with Gasteiger partial charge in [0.25, 0.3) is 0 Å². The van der Waals surface area contributed by atoms with Crippen LogP contribution in [0.1, 0.15) is 93.7 Å². The topological polar surface area (TPSA) is 0 Å². The van der Waals surface area contributed by atoms with Gasteiger partial charge in [0.1, 0.15) is 17.5 Å². The zero-order valence-electron chi connectivity index (χ0n) is 19.7. The largest absolute Gasteiger partial charge is 0.207 e. The highest BCUT2D eigenvalue weighted by Crippen LogP contribution is 2.40. The number of halogens is 4. The van der Waals surface area contributed by atoms with E-state index in [-0.39, 0.29) is 22.9 Å². The molecule has 0 aromatic heterocycles. The number of hydrogen-bond acceptors (Lipinski definition) is 0. The smallest absolute Gasteiger partial charge is 0.142 e. The van der Waals surface area contributed by atoms with Crippen LogP contribution >= 0.6 is 11.6 Å². The van der Waals surface area contributed by atoms with Gasteiger partial charge in [0.2, 0.25) is 0 Å². The molecule has 2 aliphatic rings. The van der Waals surface area contributed by atoms with Crippen molar-refractivity contribution in [1.29, 1.82) is 0 Å². The molecule has 0 saturated heterocycles. The normalized spacial score (nSPS) is 25.8. The molecule has 180 valence electrons. The molecule has 0 radical (unpaired) electrons. The number of benzene rings is 2. The van der Waals surface area contributed by atoms with E-state index in [4.69, 9.17) is 11.6 Å². The Kier molecular flexibility index (Phi) is 8.43. The molecule has 2 aliphatic carbocycles. The Labute approximate surface area is 201 Å². The number of rotatable bonds is 7. The lowest BCUT2D eigenvalue weighted by Gasteiger charge is -2.31. The highest BCUT2D eigenvalue weighted by atomic mass is 35.5. The van der Waals surface area contributed by atoms with Gasteiger partial charge in [0, 0.05) is 5.56 Å². The predicted molar refractivity (Wildman–Crippen MR) is 130 cm³/mol. The highest BCUT2D eigenvalue weighted by Gasteiger charge is 2.26. The summed E-state index contributed by atoms with van der Waals surface area (Å²) in [5.74, 6) is 1.38. The van der Waals surface area contributed by atoms with E-state index in [9.17, 15) is 13.2 Å². The monoisotopic (exact) mass is 476 g/mol. The summed E-state index contributed by atoms with van der Waals surface area (Å²) in [4.78, 5) is 0. The molecule has 0 atom stereocenters. The summed E-state index contributed by atoms with van der Waals surface area (Å²) in [6.07, 6.45) is 13.2. The van der Waals surface area contributed by atoms with Gasteiger partial charge in [-0.15, -0.1) is 0 Å². The first kappa shape index (κ1) is 24.6. The molecule has 0 N–H and O–H groups in total. The Bertz CT molecular complexity index is 901. The van der Waals surface area contributed by atoms with Crippen LogP contribution < -0.4 is 0 Å². The highest BCUT2D eigenvalue weighted by molar-refractivity contribution is 6.30. The minimum absolute atomic E-state index is 0.0544. The molecule has 0 bridgehead atoms. The van der Waals surface area contributed by atoms with Gasteiger partial charge in [0.15, 0.2) is 0 Å². The zero-order chi connectivity index (χ0) is 23.4. The molecule has 0 heterocycles. The Morgan fingerprint density at radius 2 is 1.30 bits per heavy atom. The van der Waals surface area contributed by atoms with Crippen molar-refractivity contribution >= 4 is 11.6 Å². The second-order valence-corrected chi connectivity index (χ2v) is 11.0. The first-order valence-corrected chi connectivity index (χ1v) is 13.2. The molecule has 2 fully saturated rings. The van der Waals surface area contributed by atoms with Crippen molar-refractivity contribution in [3.05, 3.63) is 69.5 Å². The zero-order valence-corrected chi connectivity index (χ0v) is 20.4. The van der Waals surface area contributed by atoms with Crippen LogP contribution in [0.4, 0.5) is 13.2 Å². The maximum Gasteiger partial charge on any atom is 0.142 e. The summed E-state index contributed by atoms with van der Waals surface area (Å²) in [6.45, 7) is 2.37. The quantitative estimate of drug-likeness (QED) is 0.373. The molecule has 0 amide bonds. The molecule has 2 aromatic rings. The van der Waals surface area contributed by atoms with Crippen LogP contribution in [-0.2, 0) is 12.8 Å². The summed E-state index contributed by atoms with van der Waals surface area (Å²) >= 11 is 5.71. The minimum Gasteiger partial charge on any atom is -0.207 e. The van der Waals surface area contributed by atoms with Gasteiger partial charge in [-0.25, -0.2) is 13.2 Å². The Hall–Kier alpha value is -1.48. The molecular formula is C29H36ClF3. The van der Waals surface area contributed by atoms with Crippen LogP contribution in [0.15, 0.2) is 30.3 Å². The molecule has 33 heavy (non-hydrogen) atoms.